The fraction of sp³-hybridized carbons (Fsp3) is 0.385. The van der Waals surface area contributed by atoms with Crippen molar-refractivity contribution >= 4 is 16.9 Å². The lowest BCUT2D eigenvalue weighted by molar-refractivity contribution is 0.0722. The van der Waals surface area contributed by atoms with Crippen LogP contribution in [0.3, 0.4) is 0 Å². The Bertz CT molecular complexity index is 1220. The summed E-state index contributed by atoms with van der Waals surface area (Å²) in [5.41, 5.74) is 1.42. The first-order chi connectivity index (χ1) is 16.0. The van der Waals surface area contributed by atoms with Gasteiger partial charge in [-0.3, -0.25) is 9.59 Å². The van der Waals surface area contributed by atoms with Crippen molar-refractivity contribution in [1.82, 2.24) is 9.80 Å². The summed E-state index contributed by atoms with van der Waals surface area (Å²) < 4.78 is 17.5. The molecule has 33 heavy (non-hydrogen) atoms. The first-order valence-electron chi connectivity index (χ1n) is 11.4. The van der Waals surface area contributed by atoms with Gasteiger partial charge >= 0.3 is 0 Å². The molecule has 1 aromatic heterocycles. The van der Waals surface area contributed by atoms with E-state index in [0.717, 1.165) is 18.5 Å². The predicted molar refractivity (Wildman–Crippen MR) is 127 cm³/mol. The summed E-state index contributed by atoms with van der Waals surface area (Å²) in [7, 11) is 3.99. The van der Waals surface area contributed by atoms with Crippen molar-refractivity contribution in [3.8, 4) is 11.5 Å². The first-order valence-corrected chi connectivity index (χ1v) is 11.4. The van der Waals surface area contributed by atoms with Crippen LogP contribution in [0.2, 0.25) is 0 Å². The molecule has 2 heterocycles. The minimum Gasteiger partial charge on any atom is -0.490 e. The molecule has 0 saturated carbocycles. The third-order valence-corrected chi connectivity index (χ3v) is 5.76. The molecule has 2 aromatic carbocycles. The average Bonchev–Trinajstić information content (AvgIpc) is 3.07. The molecule has 174 valence electrons. The van der Waals surface area contributed by atoms with Gasteiger partial charge in [-0.2, -0.15) is 0 Å². The van der Waals surface area contributed by atoms with Crippen molar-refractivity contribution in [2.75, 3.05) is 40.4 Å². The zero-order chi connectivity index (χ0) is 23.5. The number of ether oxygens (including phenoxy) is 2. The van der Waals surface area contributed by atoms with Gasteiger partial charge in [0.25, 0.3) is 5.91 Å². The molecule has 0 aliphatic carbocycles. The lowest BCUT2D eigenvalue weighted by Crippen LogP contribution is -2.32. The lowest BCUT2D eigenvalue weighted by Gasteiger charge is -2.26. The standard InChI is InChI=1S/C26H30N2O5/c1-5-31-20-13-12-17(16-21(20)32-6-2)23-22-24(29)18-10-7-8-11-19(18)33-25(22)26(30)28(23)15-9-14-27(3)4/h7-8,10-13,16,23H,5-6,9,14-15H2,1-4H3. The molecule has 1 atom stereocenters. The topological polar surface area (TPSA) is 72.2 Å². The van der Waals surface area contributed by atoms with E-state index in [1.165, 1.54) is 0 Å². The molecule has 7 nitrogen and oxygen atoms in total. The second-order valence-corrected chi connectivity index (χ2v) is 8.30. The first kappa shape index (κ1) is 22.9. The van der Waals surface area contributed by atoms with E-state index < -0.39 is 6.04 Å². The summed E-state index contributed by atoms with van der Waals surface area (Å²) >= 11 is 0. The van der Waals surface area contributed by atoms with Crippen LogP contribution < -0.4 is 14.9 Å². The summed E-state index contributed by atoms with van der Waals surface area (Å²) in [6, 6.07) is 12.1. The molecule has 0 saturated heterocycles. The highest BCUT2D eigenvalue weighted by Crippen LogP contribution is 2.41. The van der Waals surface area contributed by atoms with Gasteiger partial charge in [0.15, 0.2) is 16.9 Å². The number of hydrogen-bond acceptors (Lipinski definition) is 6. The van der Waals surface area contributed by atoms with E-state index in [1.807, 2.05) is 46.1 Å². The van der Waals surface area contributed by atoms with Crippen LogP contribution in [0.4, 0.5) is 0 Å². The molecule has 0 bridgehead atoms. The number of rotatable bonds is 9. The van der Waals surface area contributed by atoms with Crippen molar-refractivity contribution in [3.05, 3.63) is 69.6 Å². The summed E-state index contributed by atoms with van der Waals surface area (Å²) in [6.45, 7) is 6.13. The molecule has 4 rings (SSSR count). The van der Waals surface area contributed by atoms with Crippen LogP contribution in [0.15, 0.2) is 51.7 Å². The molecule has 1 aliphatic heterocycles. The number of amides is 1. The van der Waals surface area contributed by atoms with Crippen molar-refractivity contribution in [3.63, 3.8) is 0 Å². The van der Waals surface area contributed by atoms with Crippen LogP contribution >= 0.6 is 0 Å². The Hall–Kier alpha value is -3.32. The normalized spacial score (nSPS) is 15.4. The van der Waals surface area contributed by atoms with Gasteiger partial charge < -0.3 is 23.7 Å². The van der Waals surface area contributed by atoms with Crippen molar-refractivity contribution < 1.29 is 18.7 Å². The van der Waals surface area contributed by atoms with E-state index in [1.54, 1.807) is 29.2 Å². The van der Waals surface area contributed by atoms with E-state index in [9.17, 15) is 9.59 Å². The maximum absolute atomic E-state index is 13.6. The third kappa shape index (κ3) is 4.33. The highest BCUT2D eigenvalue weighted by Gasteiger charge is 2.42. The monoisotopic (exact) mass is 450 g/mol. The Morgan fingerprint density at radius 2 is 1.73 bits per heavy atom. The average molecular weight is 451 g/mol. The predicted octanol–water partition coefficient (Wildman–Crippen LogP) is 4.09. The van der Waals surface area contributed by atoms with E-state index in [2.05, 4.69) is 4.90 Å². The lowest BCUT2D eigenvalue weighted by atomic mass is 9.98. The van der Waals surface area contributed by atoms with Gasteiger partial charge in [-0.1, -0.05) is 18.2 Å². The SMILES string of the molecule is CCOc1ccc(C2c3c(oc4ccccc4c3=O)C(=O)N2CCCN(C)C)cc1OCC. The fourth-order valence-corrected chi connectivity index (χ4v) is 4.34. The second kappa shape index (κ2) is 9.67. The van der Waals surface area contributed by atoms with Crippen molar-refractivity contribution in [1.29, 1.82) is 0 Å². The summed E-state index contributed by atoms with van der Waals surface area (Å²) in [5.74, 6) is 1.09. The summed E-state index contributed by atoms with van der Waals surface area (Å²) in [6.07, 6.45) is 0.770. The number of hydrogen-bond donors (Lipinski definition) is 0. The fourth-order valence-electron chi connectivity index (χ4n) is 4.34. The largest absolute Gasteiger partial charge is 0.490 e. The Morgan fingerprint density at radius 3 is 2.45 bits per heavy atom. The van der Waals surface area contributed by atoms with E-state index in [4.69, 9.17) is 13.9 Å². The van der Waals surface area contributed by atoms with Crippen molar-refractivity contribution in [2.45, 2.75) is 26.3 Å². The number of benzene rings is 2. The number of carbonyl (C=O) groups excluding carboxylic acids is 1. The number of nitrogens with zero attached hydrogens (tertiary/aromatic N) is 2. The van der Waals surface area contributed by atoms with Gasteiger partial charge in [-0.25, -0.2) is 0 Å². The van der Waals surface area contributed by atoms with Gasteiger partial charge in [-0.15, -0.1) is 0 Å². The smallest absolute Gasteiger partial charge is 0.290 e. The van der Waals surface area contributed by atoms with Crippen molar-refractivity contribution in [2.24, 2.45) is 0 Å². The van der Waals surface area contributed by atoms with Crippen LogP contribution in [0.1, 0.15) is 48.0 Å². The molecule has 0 fully saturated rings. The summed E-state index contributed by atoms with van der Waals surface area (Å²) in [5, 5.41) is 0.472. The van der Waals surface area contributed by atoms with Crippen LogP contribution in [0.25, 0.3) is 11.0 Å². The Labute approximate surface area is 193 Å². The van der Waals surface area contributed by atoms with E-state index in [-0.39, 0.29) is 17.1 Å². The Balaban J connectivity index is 1.86. The van der Waals surface area contributed by atoms with Crippen LogP contribution in [-0.4, -0.2) is 56.1 Å². The second-order valence-electron chi connectivity index (χ2n) is 8.30. The van der Waals surface area contributed by atoms with Gasteiger partial charge in [-0.05, 0) is 70.7 Å². The Kier molecular flexibility index (Phi) is 6.70. The third-order valence-electron chi connectivity index (χ3n) is 5.76. The van der Waals surface area contributed by atoms with E-state index in [0.29, 0.717) is 47.8 Å². The highest BCUT2D eigenvalue weighted by molar-refractivity contribution is 5.99. The van der Waals surface area contributed by atoms with Crippen LogP contribution in [0, 0.1) is 0 Å². The maximum atomic E-state index is 13.6. The van der Waals surface area contributed by atoms with E-state index >= 15 is 0 Å². The summed E-state index contributed by atoms with van der Waals surface area (Å²) in [4.78, 5) is 30.8. The van der Waals surface area contributed by atoms with Gasteiger partial charge in [0.2, 0.25) is 5.76 Å². The molecule has 1 unspecified atom stereocenters. The van der Waals surface area contributed by atoms with Gasteiger partial charge in [0.1, 0.15) is 5.58 Å². The van der Waals surface area contributed by atoms with Crippen LogP contribution in [0.5, 0.6) is 11.5 Å². The number of carbonyl (C=O) groups is 1. The van der Waals surface area contributed by atoms with Gasteiger partial charge in [0.05, 0.1) is 30.2 Å². The molecular formula is C26H30N2O5. The molecule has 0 spiro atoms. The molecule has 1 amide bonds. The minimum atomic E-state index is -0.551. The quantitative estimate of drug-likeness (QED) is 0.489. The Morgan fingerprint density at radius 1 is 1.00 bits per heavy atom. The number of para-hydroxylation sites is 1. The molecule has 0 radical (unpaired) electrons. The maximum Gasteiger partial charge on any atom is 0.290 e. The highest BCUT2D eigenvalue weighted by atomic mass is 16.5. The minimum absolute atomic E-state index is 0.125. The van der Waals surface area contributed by atoms with Crippen LogP contribution in [-0.2, 0) is 0 Å². The zero-order valence-corrected chi connectivity index (χ0v) is 19.6. The number of fused-ring (bicyclic) bond motifs is 2. The zero-order valence-electron chi connectivity index (χ0n) is 19.6. The molecule has 3 aromatic rings. The molecule has 7 heteroatoms. The molecule has 0 N–H and O–H groups in total. The molecule has 1 aliphatic rings. The van der Waals surface area contributed by atoms with Gasteiger partial charge in [0, 0.05) is 6.54 Å². The molecular weight excluding hydrogens is 420 g/mol.